The third-order valence-electron chi connectivity index (χ3n) is 2.84. The monoisotopic (exact) mass is 293 g/mol. The van der Waals surface area contributed by atoms with E-state index in [1.165, 1.54) is 0 Å². The number of hydrogen-bond acceptors (Lipinski definition) is 2. The molecule has 5 heteroatoms. The Hall–Kier alpha value is -1.52. The number of carbonyl (C=O) groups excluding carboxylic acids is 1. The van der Waals surface area contributed by atoms with Crippen molar-refractivity contribution in [3.8, 4) is 0 Å². The van der Waals surface area contributed by atoms with E-state index in [1.807, 2.05) is 45.2 Å². The van der Waals surface area contributed by atoms with Crippen molar-refractivity contribution in [2.75, 3.05) is 6.54 Å². The fourth-order valence-corrected chi connectivity index (χ4v) is 2.25. The van der Waals surface area contributed by atoms with Gasteiger partial charge in [-0.05, 0) is 38.5 Å². The first-order valence-corrected chi connectivity index (χ1v) is 7.00. The number of amides is 1. The van der Waals surface area contributed by atoms with Gasteiger partial charge in [-0.2, -0.15) is 0 Å². The van der Waals surface area contributed by atoms with E-state index in [4.69, 9.17) is 11.6 Å². The molecular weight excluding hydrogens is 274 g/mol. The van der Waals surface area contributed by atoms with Crippen LogP contribution in [0.3, 0.4) is 0 Å². The lowest BCUT2D eigenvalue weighted by atomic mass is 10.1. The minimum absolute atomic E-state index is 0.000357. The number of aromatic nitrogens is 1. The van der Waals surface area contributed by atoms with Gasteiger partial charge in [-0.3, -0.25) is 4.79 Å². The average molecular weight is 294 g/mol. The quantitative estimate of drug-likeness (QED) is 0.812. The highest BCUT2D eigenvalue weighted by molar-refractivity contribution is 6.31. The number of aromatic amines is 1. The zero-order chi connectivity index (χ0) is 14.8. The molecule has 1 aromatic carbocycles. The van der Waals surface area contributed by atoms with E-state index in [1.54, 1.807) is 0 Å². The first kappa shape index (κ1) is 14.9. The van der Waals surface area contributed by atoms with Gasteiger partial charge < -0.3 is 15.6 Å². The molecule has 1 heterocycles. The third-order valence-corrected chi connectivity index (χ3v) is 3.08. The molecule has 0 spiro atoms. The fraction of sp³-hybridized carbons (Fsp3) is 0.400. The molecule has 3 N–H and O–H groups in total. The third kappa shape index (κ3) is 3.99. The van der Waals surface area contributed by atoms with Crippen LogP contribution in [0, 0.1) is 0 Å². The summed E-state index contributed by atoms with van der Waals surface area (Å²) in [4.78, 5) is 14.9. The van der Waals surface area contributed by atoms with E-state index in [-0.39, 0.29) is 11.4 Å². The van der Waals surface area contributed by atoms with Gasteiger partial charge in [0, 0.05) is 34.2 Å². The van der Waals surface area contributed by atoms with Crippen molar-refractivity contribution < 1.29 is 4.79 Å². The summed E-state index contributed by atoms with van der Waals surface area (Å²) in [6.07, 6.45) is 1.94. The first-order valence-electron chi connectivity index (χ1n) is 6.62. The molecule has 0 saturated heterocycles. The number of fused-ring (bicyclic) bond motifs is 1. The zero-order valence-electron chi connectivity index (χ0n) is 12.0. The summed E-state index contributed by atoms with van der Waals surface area (Å²) >= 11 is 5.95. The van der Waals surface area contributed by atoms with Crippen molar-refractivity contribution in [3.05, 3.63) is 35.0 Å². The lowest BCUT2D eigenvalue weighted by molar-refractivity contribution is -0.121. The van der Waals surface area contributed by atoms with Gasteiger partial charge in [0.25, 0.3) is 0 Å². The molecule has 1 aromatic heterocycles. The molecule has 0 saturated carbocycles. The lowest BCUT2D eigenvalue weighted by Crippen LogP contribution is -2.44. The Bertz CT molecular complexity index is 613. The first-order chi connectivity index (χ1) is 9.35. The number of rotatable bonds is 4. The number of nitrogens with one attached hydrogen (secondary N) is 3. The number of H-pyrrole nitrogens is 1. The number of benzene rings is 1. The second kappa shape index (κ2) is 5.85. The minimum Gasteiger partial charge on any atom is -0.361 e. The largest absolute Gasteiger partial charge is 0.361 e. The Morgan fingerprint density at radius 1 is 1.35 bits per heavy atom. The number of hydrogen-bond donors (Lipinski definition) is 3. The maximum atomic E-state index is 11.7. The van der Waals surface area contributed by atoms with Gasteiger partial charge in [0.1, 0.15) is 0 Å². The number of carbonyl (C=O) groups is 1. The van der Waals surface area contributed by atoms with E-state index in [0.29, 0.717) is 18.1 Å². The summed E-state index contributed by atoms with van der Waals surface area (Å²) in [7, 11) is 0. The summed E-state index contributed by atoms with van der Waals surface area (Å²) in [5, 5.41) is 7.90. The average Bonchev–Trinajstić information content (AvgIpc) is 2.69. The molecule has 0 unspecified atom stereocenters. The molecule has 0 aliphatic rings. The van der Waals surface area contributed by atoms with Gasteiger partial charge in [0.2, 0.25) is 5.91 Å². The van der Waals surface area contributed by atoms with Gasteiger partial charge in [-0.15, -0.1) is 0 Å². The minimum atomic E-state index is -0.198. The van der Waals surface area contributed by atoms with Crippen molar-refractivity contribution in [2.24, 2.45) is 0 Å². The van der Waals surface area contributed by atoms with Crippen LogP contribution >= 0.6 is 11.6 Å². The lowest BCUT2D eigenvalue weighted by Gasteiger charge is -2.20. The van der Waals surface area contributed by atoms with Gasteiger partial charge >= 0.3 is 0 Å². The predicted octanol–water partition coefficient (Wildman–Crippen LogP) is 2.83. The van der Waals surface area contributed by atoms with Crippen LogP contribution in [-0.4, -0.2) is 23.0 Å². The van der Waals surface area contributed by atoms with Crippen LogP contribution in [0.2, 0.25) is 5.02 Å². The van der Waals surface area contributed by atoms with Crippen molar-refractivity contribution in [1.29, 1.82) is 0 Å². The molecule has 2 aromatic rings. The Morgan fingerprint density at radius 2 is 2.10 bits per heavy atom. The van der Waals surface area contributed by atoms with Gasteiger partial charge in [0.15, 0.2) is 0 Å². The smallest absolute Gasteiger partial charge is 0.234 e. The van der Waals surface area contributed by atoms with Crippen molar-refractivity contribution in [2.45, 2.75) is 32.9 Å². The highest BCUT2D eigenvalue weighted by Gasteiger charge is 2.13. The second-order valence-electron chi connectivity index (χ2n) is 5.91. The molecular formula is C15H20ClN3O. The topological polar surface area (TPSA) is 56.9 Å². The molecule has 108 valence electrons. The van der Waals surface area contributed by atoms with Gasteiger partial charge in [-0.25, -0.2) is 0 Å². The molecule has 0 radical (unpaired) electrons. The van der Waals surface area contributed by atoms with E-state index < -0.39 is 0 Å². The van der Waals surface area contributed by atoms with E-state index in [0.717, 1.165) is 16.5 Å². The van der Waals surface area contributed by atoms with Gasteiger partial charge in [-0.1, -0.05) is 17.7 Å². The summed E-state index contributed by atoms with van der Waals surface area (Å²) in [5.41, 5.74) is 1.93. The highest BCUT2D eigenvalue weighted by Crippen LogP contribution is 2.21. The van der Waals surface area contributed by atoms with E-state index in [2.05, 4.69) is 15.6 Å². The van der Waals surface area contributed by atoms with Crippen LogP contribution in [0.1, 0.15) is 26.3 Å². The SMILES string of the molecule is CC(C)(C)NC(=O)CNCc1c[nH]c2cc(Cl)ccc12. The van der Waals surface area contributed by atoms with Crippen molar-refractivity contribution in [1.82, 2.24) is 15.6 Å². The van der Waals surface area contributed by atoms with Crippen LogP contribution in [0.5, 0.6) is 0 Å². The standard InChI is InChI=1S/C15H20ClN3O/c1-15(2,3)19-14(20)9-17-7-10-8-18-13-6-11(16)4-5-12(10)13/h4-6,8,17-18H,7,9H2,1-3H3,(H,19,20). The Labute approximate surface area is 123 Å². The zero-order valence-corrected chi connectivity index (χ0v) is 12.8. The molecule has 0 aliphatic carbocycles. The van der Waals surface area contributed by atoms with Crippen LogP contribution in [0.15, 0.2) is 24.4 Å². The van der Waals surface area contributed by atoms with E-state index >= 15 is 0 Å². The summed E-state index contributed by atoms with van der Waals surface area (Å²) < 4.78 is 0. The molecule has 1 amide bonds. The normalized spacial score (nSPS) is 11.8. The van der Waals surface area contributed by atoms with Crippen molar-refractivity contribution in [3.63, 3.8) is 0 Å². The molecule has 2 rings (SSSR count). The fourth-order valence-electron chi connectivity index (χ4n) is 2.08. The Balaban J connectivity index is 1.92. The van der Waals surface area contributed by atoms with Gasteiger partial charge in [0.05, 0.1) is 6.54 Å². The second-order valence-corrected chi connectivity index (χ2v) is 6.34. The van der Waals surface area contributed by atoms with Crippen LogP contribution < -0.4 is 10.6 Å². The molecule has 0 bridgehead atoms. The van der Waals surface area contributed by atoms with Crippen LogP contribution in [-0.2, 0) is 11.3 Å². The molecule has 0 atom stereocenters. The number of halogens is 1. The van der Waals surface area contributed by atoms with Crippen LogP contribution in [0.4, 0.5) is 0 Å². The predicted molar refractivity (Wildman–Crippen MR) is 82.9 cm³/mol. The summed E-state index contributed by atoms with van der Waals surface area (Å²) in [6.45, 7) is 6.84. The maximum absolute atomic E-state index is 11.7. The van der Waals surface area contributed by atoms with Crippen molar-refractivity contribution >= 4 is 28.4 Å². The van der Waals surface area contributed by atoms with E-state index in [9.17, 15) is 4.79 Å². The molecule has 4 nitrogen and oxygen atoms in total. The molecule has 0 aliphatic heterocycles. The maximum Gasteiger partial charge on any atom is 0.234 e. The Kier molecular flexibility index (Phi) is 4.35. The van der Waals surface area contributed by atoms with Crippen LogP contribution in [0.25, 0.3) is 10.9 Å². The highest BCUT2D eigenvalue weighted by atomic mass is 35.5. The summed E-state index contributed by atoms with van der Waals surface area (Å²) in [6, 6.07) is 5.75. The summed E-state index contributed by atoms with van der Waals surface area (Å²) in [5.74, 6) is 0.000357. The molecule has 20 heavy (non-hydrogen) atoms. The molecule has 0 fully saturated rings. The Morgan fingerprint density at radius 3 is 2.80 bits per heavy atom.